The average Bonchev–Trinajstić information content (AvgIpc) is 2.43. The van der Waals surface area contributed by atoms with Crippen molar-refractivity contribution in [3.8, 4) is 0 Å². The van der Waals surface area contributed by atoms with Crippen molar-refractivity contribution in [2.45, 2.75) is 17.9 Å². The van der Waals surface area contributed by atoms with Gasteiger partial charge >= 0.3 is 0 Å². The smallest absolute Gasteiger partial charge is 0.244 e. The van der Waals surface area contributed by atoms with Gasteiger partial charge in [-0.1, -0.05) is 41.9 Å². The molecule has 7 heteroatoms. The first kappa shape index (κ1) is 15.8. The highest BCUT2D eigenvalue weighted by Gasteiger charge is 2.24. The van der Waals surface area contributed by atoms with Crippen LogP contribution in [0.5, 0.6) is 0 Å². The van der Waals surface area contributed by atoms with Gasteiger partial charge in [0.2, 0.25) is 10.0 Å². The molecular weight excluding hydrogens is 315 g/mol. The van der Waals surface area contributed by atoms with Crippen molar-refractivity contribution in [3.63, 3.8) is 0 Å². The Morgan fingerprint density at radius 2 is 1.86 bits per heavy atom. The standard InChI is InChI=1S/C14H14ClFN2O2S/c1-9(10-5-3-2-4-6-10)18-21(19,20)13-8-11(15)7-12(17)14(13)16/h2-9,18H,17H2,1H3/t9-/m0/s1. The van der Waals surface area contributed by atoms with Crippen molar-refractivity contribution < 1.29 is 12.8 Å². The van der Waals surface area contributed by atoms with Crippen LogP contribution >= 0.6 is 11.6 Å². The van der Waals surface area contributed by atoms with Crippen LogP contribution in [-0.2, 0) is 10.0 Å². The van der Waals surface area contributed by atoms with Gasteiger partial charge in [0.15, 0.2) is 5.82 Å². The van der Waals surface area contributed by atoms with E-state index < -0.39 is 26.8 Å². The molecule has 0 unspecified atom stereocenters. The van der Waals surface area contributed by atoms with Crippen LogP contribution in [0, 0.1) is 5.82 Å². The lowest BCUT2D eigenvalue weighted by molar-refractivity contribution is 0.548. The van der Waals surface area contributed by atoms with Gasteiger partial charge < -0.3 is 5.73 Å². The van der Waals surface area contributed by atoms with Gasteiger partial charge in [-0.05, 0) is 24.6 Å². The molecule has 2 aromatic carbocycles. The van der Waals surface area contributed by atoms with Crippen molar-refractivity contribution in [1.82, 2.24) is 4.72 Å². The molecule has 0 spiro atoms. The number of halogens is 2. The van der Waals surface area contributed by atoms with Gasteiger partial charge in [0.25, 0.3) is 0 Å². The molecule has 0 saturated carbocycles. The van der Waals surface area contributed by atoms with E-state index in [1.807, 2.05) is 6.07 Å². The lowest BCUT2D eigenvalue weighted by Crippen LogP contribution is -2.27. The van der Waals surface area contributed by atoms with E-state index in [0.29, 0.717) is 0 Å². The fraction of sp³-hybridized carbons (Fsp3) is 0.143. The Morgan fingerprint density at radius 1 is 1.24 bits per heavy atom. The summed E-state index contributed by atoms with van der Waals surface area (Å²) in [5, 5.41) is 0.0571. The van der Waals surface area contributed by atoms with Gasteiger partial charge in [-0.2, -0.15) is 0 Å². The molecule has 4 nitrogen and oxygen atoms in total. The van der Waals surface area contributed by atoms with Crippen LogP contribution < -0.4 is 10.5 Å². The number of benzene rings is 2. The number of hydrogen-bond donors (Lipinski definition) is 2. The number of nitrogens with one attached hydrogen (secondary N) is 1. The van der Waals surface area contributed by atoms with E-state index in [4.69, 9.17) is 17.3 Å². The highest BCUT2D eigenvalue weighted by Crippen LogP contribution is 2.26. The Morgan fingerprint density at radius 3 is 2.48 bits per heavy atom. The molecule has 0 bridgehead atoms. The molecule has 1 atom stereocenters. The predicted octanol–water partition coefficient (Wildman–Crippen LogP) is 3.10. The van der Waals surface area contributed by atoms with Crippen molar-refractivity contribution >= 4 is 27.3 Å². The Balaban J connectivity index is 2.35. The SMILES string of the molecule is C[C@H](NS(=O)(=O)c1cc(Cl)cc(N)c1F)c1ccccc1. The molecule has 112 valence electrons. The summed E-state index contributed by atoms with van der Waals surface area (Å²) in [7, 11) is -4.07. The second-order valence-corrected chi connectivity index (χ2v) is 6.68. The van der Waals surface area contributed by atoms with Crippen molar-refractivity contribution in [2.75, 3.05) is 5.73 Å². The number of nitrogen functional groups attached to an aromatic ring is 1. The molecule has 0 aliphatic heterocycles. The molecule has 0 amide bonds. The second-order valence-electron chi connectivity index (χ2n) is 4.56. The minimum absolute atomic E-state index is 0.0571. The lowest BCUT2D eigenvalue weighted by Gasteiger charge is -2.15. The Hall–Kier alpha value is -1.63. The van der Waals surface area contributed by atoms with Crippen LogP contribution in [0.3, 0.4) is 0 Å². The van der Waals surface area contributed by atoms with E-state index in [2.05, 4.69) is 4.72 Å². The summed E-state index contributed by atoms with van der Waals surface area (Å²) in [5.74, 6) is -1.01. The number of hydrogen-bond acceptors (Lipinski definition) is 3. The molecule has 0 radical (unpaired) electrons. The highest BCUT2D eigenvalue weighted by molar-refractivity contribution is 7.89. The summed E-state index contributed by atoms with van der Waals surface area (Å²) in [6, 6.07) is 10.6. The number of sulfonamides is 1. The Bertz CT molecular complexity index is 751. The van der Waals surface area contributed by atoms with Crippen molar-refractivity contribution in [1.29, 1.82) is 0 Å². The topological polar surface area (TPSA) is 72.2 Å². The monoisotopic (exact) mass is 328 g/mol. The fourth-order valence-electron chi connectivity index (χ4n) is 1.89. The quantitative estimate of drug-likeness (QED) is 0.847. The van der Waals surface area contributed by atoms with Gasteiger partial charge in [0, 0.05) is 11.1 Å². The fourth-order valence-corrected chi connectivity index (χ4v) is 3.54. The maximum Gasteiger partial charge on any atom is 0.244 e. The molecule has 0 heterocycles. The summed E-state index contributed by atoms with van der Waals surface area (Å²) in [6.45, 7) is 1.67. The van der Waals surface area contributed by atoms with Gasteiger partial charge in [-0.15, -0.1) is 0 Å². The van der Waals surface area contributed by atoms with E-state index in [-0.39, 0.29) is 10.7 Å². The largest absolute Gasteiger partial charge is 0.396 e. The molecule has 0 saturated heterocycles. The maximum atomic E-state index is 13.9. The number of rotatable bonds is 4. The molecule has 2 rings (SSSR count). The molecule has 21 heavy (non-hydrogen) atoms. The molecule has 0 aromatic heterocycles. The first-order valence-corrected chi connectivity index (χ1v) is 7.99. The van der Waals surface area contributed by atoms with Gasteiger partial charge in [0.1, 0.15) is 4.90 Å². The second kappa shape index (κ2) is 6.01. The summed E-state index contributed by atoms with van der Waals surface area (Å²) >= 11 is 5.74. The minimum Gasteiger partial charge on any atom is -0.396 e. The Labute approximate surface area is 127 Å². The van der Waals surface area contributed by atoms with E-state index in [1.54, 1.807) is 31.2 Å². The first-order chi connectivity index (χ1) is 9.81. The average molecular weight is 329 g/mol. The van der Waals surface area contributed by atoms with Gasteiger partial charge in [-0.3, -0.25) is 0 Å². The predicted molar refractivity (Wildman–Crippen MR) is 81.0 cm³/mol. The number of anilines is 1. The molecule has 3 N–H and O–H groups in total. The molecular formula is C14H14ClFN2O2S. The van der Waals surface area contributed by atoms with Crippen molar-refractivity contribution in [3.05, 3.63) is 58.9 Å². The van der Waals surface area contributed by atoms with Gasteiger partial charge in [0.05, 0.1) is 5.69 Å². The summed E-state index contributed by atoms with van der Waals surface area (Å²) < 4.78 is 40.9. The molecule has 0 aliphatic rings. The van der Waals surface area contributed by atoms with Gasteiger partial charge in [-0.25, -0.2) is 17.5 Å². The zero-order valence-electron chi connectivity index (χ0n) is 11.2. The Kier molecular flexibility index (Phi) is 4.51. The minimum atomic E-state index is -4.07. The normalized spacial score (nSPS) is 13.1. The third-order valence-corrected chi connectivity index (χ3v) is 4.71. The molecule has 2 aromatic rings. The molecule has 0 aliphatic carbocycles. The highest BCUT2D eigenvalue weighted by atomic mass is 35.5. The molecule has 0 fully saturated rings. The van der Waals surface area contributed by atoms with Crippen LogP contribution in [-0.4, -0.2) is 8.42 Å². The van der Waals surface area contributed by atoms with Crippen LogP contribution in [0.2, 0.25) is 5.02 Å². The van der Waals surface area contributed by atoms with Crippen LogP contribution in [0.1, 0.15) is 18.5 Å². The van der Waals surface area contributed by atoms with E-state index >= 15 is 0 Å². The third kappa shape index (κ3) is 3.53. The number of nitrogens with two attached hydrogens (primary N) is 1. The summed E-state index contributed by atoms with van der Waals surface area (Å²) in [4.78, 5) is -0.560. The lowest BCUT2D eigenvalue weighted by atomic mass is 10.1. The van der Waals surface area contributed by atoms with E-state index in [1.165, 1.54) is 0 Å². The first-order valence-electron chi connectivity index (χ1n) is 6.13. The zero-order valence-corrected chi connectivity index (χ0v) is 12.7. The maximum absolute atomic E-state index is 13.9. The zero-order chi connectivity index (χ0) is 15.6. The van der Waals surface area contributed by atoms with Crippen LogP contribution in [0.4, 0.5) is 10.1 Å². The van der Waals surface area contributed by atoms with Crippen molar-refractivity contribution in [2.24, 2.45) is 0 Å². The summed E-state index contributed by atoms with van der Waals surface area (Å²) in [6.07, 6.45) is 0. The third-order valence-electron chi connectivity index (χ3n) is 2.95. The van der Waals surface area contributed by atoms with Crippen LogP contribution in [0.25, 0.3) is 0 Å². The van der Waals surface area contributed by atoms with E-state index in [9.17, 15) is 12.8 Å². The summed E-state index contributed by atoms with van der Waals surface area (Å²) in [5.41, 5.74) is 5.86. The van der Waals surface area contributed by atoms with E-state index in [0.717, 1.165) is 17.7 Å². The van der Waals surface area contributed by atoms with Crippen LogP contribution in [0.15, 0.2) is 47.4 Å².